The van der Waals surface area contributed by atoms with Gasteiger partial charge in [-0.25, -0.2) is 4.99 Å². The Kier molecular flexibility index (Phi) is 4.97. The van der Waals surface area contributed by atoms with Crippen LogP contribution in [0.1, 0.15) is 30.5 Å². The quantitative estimate of drug-likeness (QED) is 0.860. The number of amides is 2. The number of aliphatic imine (C=N–C) groups is 1. The van der Waals surface area contributed by atoms with Gasteiger partial charge in [-0.2, -0.15) is 0 Å². The highest BCUT2D eigenvalue weighted by Gasteiger charge is 2.14. The molecule has 0 aromatic heterocycles. The standard InChI is InChI=1S/C16H20N2O2/c1-9(2)15(16(20)17-13(6)19)18-14-8-11(4)10(3)7-12(14)5/h7-8H,1H2,2-6H3,(H,17,19,20). The van der Waals surface area contributed by atoms with E-state index >= 15 is 0 Å². The van der Waals surface area contributed by atoms with Gasteiger partial charge < -0.3 is 0 Å². The Hall–Kier alpha value is -2.23. The lowest BCUT2D eigenvalue weighted by Gasteiger charge is -2.09. The molecule has 0 atom stereocenters. The molecular weight excluding hydrogens is 252 g/mol. The van der Waals surface area contributed by atoms with Crippen LogP contribution in [-0.2, 0) is 9.59 Å². The molecule has 0 unspecified atom stereocenters. The Labute approximate surface area is 119 Å². The van der Waals surface area contributed by atoms with Crippen molar-refractivity contribution < 1.29 is 9.59 Å². The number of hydrogen-bond donors (Lipinski definition) is 1. The molecule has 20 heavy (non-hydrogen) atoms. The molecule has 0 bridgehead atoms. The van der Waals surface area contributed by atoms with Crippen molar-refractivity contribution in [2.75, 3.05) is 0 Å². The molecule has 2 amide bonds. The molecule has 4 nitrogen and oxygen atoms in total. The van der Waals surface area contributed by atoms with E-state index in [9.17, 15) is 9.59 Å². The van der Waals surface area contributed by atoms with Crippen molar-refractivity contribution in [1.82, 2.24) is 5.32 Å². The minimum absolute atomic E-state index is 0.173. The first-order valence-electron chi connectivity index (χ1n) is 6.36. The lowest BCUT2D eigenvalue weighted by atomic mass is 10.0. The van der Waals surface area contributed by atoms with Gasteiger partial charge >= 0.3 is 0 Å². The first-order valence-corrected chi connectivity index (χ1v) is 6.36. The highest BCUT2D eigenvalue weighted by atomic mass is 16.2. The molecule has 1 rings (SSSR count). The summed E-state index contributed by atoms with van der Waals surface area (Å²) in [5.74, 6) is -0.941. The van der Waals surface area contributed by atoms with Crippen LogP contribution in [-0.4, -0.2) is 17.5 Å². The van der Waals surface area contributed by atoms with Crippen LogP contribution in [0.3, 0.4) is 0 Å². The third-order valence-electron chi connectivity index (χ3n) is 2.95. The number of nitrogens with zero attached hydrogens (tertiary/aromatic N) is 1. The van der Waals surface area contributed by atoms with Gasteiger partial charge in [0.2, 0.25) is 5.91 Å². The fourth-order valence-electron chi connectivity index (χ4n) is 1.75. The number of aryl methyl sites for hydroxylation is 3. The van der Waals surface area contributed by atoms with Gasteiger partial charge in [-0.15, -0.1) is 0 Å². The van der Waals surface area contributed by atoms with Crippen molar-refractivity contribution in [3.63, 3.8) is 0 Å². The topological polar surface area (TPSA) is 58.5 Å². The van der Waals surface area contributed by atoms with E-state index in [0.29, 0.717) is 11.3 Å². The van der Waals surface area contributed by atoms with Crippen LogP contribution in [0.2, 0.25) is 0 Å². The summed E-state index contributed by atoms with van der Waals surface area (Å²) < 4.78 is 0. The van der Waals surface area contributed by atoms with Crippen molar-refractivity contribution in [3.8, 4) is 0 Å². The van der Waals surface area contributed by atoms with Crippen molar-refractivity contribution >= 4 is 23.2 Å². The smallest absolute Gasteiger partial charge is 0.276 e. The minimum Gasteiger partial charge on any atom is -0.291 e. The average Bonchev–Trinajstić information content (AvgIpc) is 2.30. The van der Waals surface area contributed by atoms with E-state index in [0.717, 1.165) is 11.1 Å². The van der Waals surface area contributed by atoms with E-state index < -0.39 is 11.8 Å². The normalized spacial score (nSPS) is 11.2. The first kappa shape index (κ1) is 15.8. The van der Waals surface area contributed by atoms with Crippen molar-refractivity contribution in [2.24, 2.45) is 4.99 Å². The number of hydrogen-bond acceptors (Lipinski definition) is 3. The summed E-state index contributed by atoms with van der Waals surface area (Å²) in [4.78, 5) is 27.3. The van der Waals surface area contributed by atoms with Crippen molar-refractivity contribution in [2.45, 2.75) is 34.6 Å². The van der Waals surface area contributed by atoms with Gasteiger partial charge in [-0.3, -0.25) is 14.9 Å². The summed E-state index contributed by atoms with van der Waals surface area (Å²) in [5, 5.41) is 2.22. The van der Waals surface area contributed by atoms with Gasteiger partial charge in [0.05, 0.1) is 5.69 Å². The van der Waals surface area contributed by atoms with Crippen LogP contribution in [0, 0.1) is 20.8 Å². The van der Waals surface area contributed by atoms with Gasteiger partial charge in [0.15, 0.2) is 0 Å². The first-order chi connectivity index (χ1) is 9.22. The summed E-state index contributed by atoms with van der Waals surface area (Å²) >= 11 is 0. The number of benzene rings is 1. The lowest BCUT2D eigenvalue weighted by Crippen LogP contribution is -2.34. The maximum absolute atomic E-state index is 11.9. The predicted octanol–water partition coefficient (Wildman–Crippen LogP) is 2.92. The zero-order chi connectivity index (χ0) is 15.4. The molecule has 1 aromatic rings. The summed E-state index contributed by atoms with van der Waals surface area (Å²) in [6.45, 7) is 12.7. The molecule has 106 valence electrons. The minimum atomic E-state index is -0.525. The maximum Gasteiger partial charge on any atom is 0.276 e. The molecule has 0 fully saturated rings. The molecule has 1 N–H and O–H groups in total. The molecular formula is C16H20N2O2. The predicted molar refractivity (Wildman–Crippen MR) is 81.4 cm³/mol. The molecule has 0 spiro atoms. The summed E-state index contributed by atoms with van der Waals surface area (Å²) in [6.07, 6.45) is 0. The highest BCUT2D eigenvalue weighted by molar-refractivity contribution is 6.47. The van der Waals surface area contributed by atoms with Gasteiger partial charge in [-0.05, 0) is 56.0 Å². The number of imide groups is 1. The molecule has 0 aliphatic rings. The second-order valence-corrected chi connectivity index (χ2v) is 4.97. The van der Waals surface area contributed by atoms with E-state index in [4.69, 9.17) is 0 Å². The van der Waals surface area contributed by atoms with E-state index in [1.54, 1.807) is 6.92 Å². The number of rotatable bonds is 3. The third kappa shape index (κ3) is 3.88. The SMILES string of the molecule is C=C(C)C(=Nc1cc(C)c(C)cc1C)C(=O)NC(C)=O. The van der Waals surface area contributed by atoms with Gasteiger partial charge in [0, 0.05) is 6.92 Å². The van der Waals surface area contributed by atoms with E-state index in [-0.39, 0.29) is 5.71 Å². The Morgan fingerprint density at radius 1 is 1.05 bits per heavy atom. The summed E-state index contributed by atoms with van der Waals surface area (Å²) in [7, 11) is 0. The van der Waals surface area contributed by atoms with Crippen LogP contribution in [0.25, 0.3) is 0 Å². The Balaban J connectivity index is 3.28. The Bertz CT molecular complexity index is 613. The summed E-state index contributed by atoms with van der Waals surface area (Å²) in [5.41, 5.74) is 4.65. The Morgan fingerprint density at radius 2 is 1.60 bits per heavy atom. The molecule has 0 aliphatic heterocycles. The van der Waals surface area contributed by atoms with Crippen LogP contribution in [0.15, 0.2) is 29.3 Å². The molecule has 0 radical (unpaired) electrons. The molecule has 1 aromatic carbocycles. The van der Waals surface area contributed by atoms with Crippen LogP contribution >= 0.6 is 0 Å². The maximum atomic E-state index is 11.9. The summed E-state index contributed by atoms with van der Waals surface area (Å²) in [6, 6.07) is 3.95. The third-order valence-corrected chi connectivity index (χ3v) is 2.95. The molecule has 4 heteroatoms. The highest BCUT2D eigenvalue weighted by Crippen LogP contribution is 2.23. The van der Waals surface area contributed by atoms with Crippen molar-refractivity contribution in [3.05, 3.63) is 41.0 Å². The fraction of sp³-hybridized carbons (Fsp3) is 0.312. The van der Waals surface area contributed by atoms with Crippen molar-refractivity contribution in [1.29, 1.82) is 0 Å². The monoisotopic (exact) mass is 272 g/mol. The van der Waals surface area contributed by atoms with Crippen LogP contribution in [0.4, 0.5) is 5.69 Å². The van der Waals surface area contributed by atoms with Crippen LogP contribution < -0.4 is 5.32 Å². The molecule has 0 saturated carbocycles. The zero-order valence-electron chi connectivity index (χ0n) is 12.6. The number of carbonyl (C=O) groups is 2. The number of nitrogens with one attached hydrogen (secondary N) is 1. The molecule has 0 saturated heterocycles. The fourth-order valence-corrected chi connectivity index (χ4v) is 1.75. The zero-order valence-corrected chi connectivity index (χ0v) is 12.6. The van der Waals surface area contributed by atoms with E-state index in [2.05, 4.69) is 16.9 Å². The Morgan fingerprint density at radius 3 is 2.10 bits per heavy atom. The van der Waals surface area contributed by atoms with Gasteiger partial charge in [-0.1, -0.05) is 12.6 Å². The number of carbonyl (C=O) groups excluding carboxylic acids is 2. The van der Waals surface area contributed by atoms with Gasteiger partial charge in [0.1, 0.15) is 5.71 Å². The second kappa shape index (κ2) is 6.28. The van der Waals surface area contributed by atoms with Crippen LogP contribution in [0.5, 0.6) is 0 Å². The second-order valence-electron chi connectivity index (χ2n) is 4.97. The molecule has 0 aliphatic carbocycles. The van der Waals surface area contributed by atoms with Gasteiger partial charge in [0.25, 0.3) is 5.91 Å². The largest absolute Gasteiger partial charge is 0.291 e. The molecule has 0 heterocycles. The average molecular weight is 272 g/mol. The van der Waals surface area contributed by atoms with E-state index in [1.807, 2.05) is 32.9 Å². The van der Waals surface area contributed by atoms with E-state index in [1.165, 1.54) is 12.5 Å². The lowest BCUT2D eigenvalue weighted by molar-refractivity contribution is -0.125.